The molecule has 1 aliphatic rings. The van der Waals surface area contributed by atoms with Gasteiger partial charge >= 0.3 is 6.09 Å². The third-order valence-electron chi connectivity index (χ3n) is 3.19. The maximum atomic E-state index is 12.0. The predicted octanol–water partition coefficient (Wildman–Crippen LogP) is 3.44. The van der Waals surface area contributed by atoms with Crippen molar-refractivity contribution in [1.82, 2.24) is 5.32 Å². The van der Waals surface area contributed by atoms with Gasteiger partial charge in [0.1, 0.15) is 5.60 Å². The quantitative estimate of drug-likeness (QED) is 0.795. The monoisotopic (exact) mass is 350 g/mol. The molecule has 0 radical (unpaired) electrons. The summed E-state index contributed by atoms with van der Waals surface area (Å²) >= 11 is 0. The van der Waals surface area contributed by atoms with E-state index < -0.39 is 17.5 Å². The number of amides is 2. The topological polar surface area (TPSA) is 85.9 Å². The molecule has 138 valence electrons. The number of nitrogens with one attached hydrogen (secondary N) is 2. The first-order chi connectivity index (χ1) is 11.5. The van der Waals surface area contributed by atoms with E-state index in [0.29, 0.717) is 30.2 Å². The fourth-order valence-electron chi connectivity index (χ4n) is 2.28. The van der Waals surface area contributed by atoms with Gasteiger partial charge in [0.25, 0.3) is 0 Å². The third-order valence-corrected chi connectivity index (χ3v) is 3.19. The molecule has 0 bridgehead atoms. The third kappa shape index (κ3) is 6.17. The van der Waals surface area contributed by atoms with Crippen molar-refractivity contribution in [2.75, 3.05) is 11.9 Å². The summed E-state index contributed by atoms with van der Waals surface area (Å²) in [5, 5.41) is 5.43. The van der Waals surface area contributed by atoms with Crippen LogP contribution in [0.3, 0.4) is 0 Å². The zero-order chi connectivity index (χ0) is 18.7. The van der Waals surface area contributed by atoms with E-state index in [2.05, 4.69) is 10.6 Å². The summed E-state index contributed by atoms with van der Waals surface area (Å²) in [6.45, 7) is 9.41. The molecule has 1 aromatic carbocycles. The smallest absolute Gasteiger partial charge is 0.407 e. The molecule has 0 fully saturated rings. The van der Waals surface area contributed by atoms with E-state index in [0.717, 1.165) is 0 Å². The standard InChI is InChI=1S/C18H26N2O5/c1-17(2,3)25-16(22)19-10-6-7-15(21)20-12-8-9-13-14(11-12)24-18(4,5)23-13/h8-9,11H,6-7,10H2,1-5H3,(H,19,22)(H,20,21). The van der Waals surface area contributed by atoms with Crippen LogP contribution in [0.5, 0.6) is 11.5 Å². The van der Waals surface area contributed by atoms with Gasteiger partial charge in [0.15, 0.2) is 11.5 Å². The van der Waals surface area contributed by atoms with Crippen LogP contribution in [0.2, 0.25) is 0 Å². The van der Waals surface area contributed by atoms with Gasteiger partial charge in [-0.2, -0.15) is 0 Å². The van der Waals surface area contributed by atoms with E-state index in [1.54, 1.807) is 39.0 Å². The van der Waals surface area contributed by atoms with E-state index in [9.17, 15) is 9.59 Å². The zero-order valence-electron chi connectivity index (χ0n) is 15.4. The largest absolute Gasteiger partial charge is 0.449 e. The molecule has 2 amide bonds. The number of carbonyl (C=O) groups excluding carboxylic acids is 2. The van der Waals surface area contributed by atoms with Gasteiger partial charge in [0.05, 0.1) is 0 Å². The number of fused-ring (bicyclic) bond motifs is 1. The van der Waals surface area contributed by atoms with Crippen molar-refractivity contribution >= 4 is 17.7 Å². The fraction of sp³-hybridized carbons (Fsp3) is 0.556. The van der Waals surface area contributed by atoms with E-state index >= 15 is 0 Å². The Morgan fingerprint density at radius 3 is 2.52 bits per heavy atom. The maximum Gasteiger partial charge on any atom is 0.407 e. The average Bonchev–Trinajstić information content (AvgIpc) is 2.75. The number of hydrogen-bond acceptors (Lipinski definition) is 5. The summed E-state index contributed by atoms with van der Waals surface area (Å²) in [5.74, 6) is 0.432. The van der Waals surface area contributed by atoms with Crippen LogP contribution in [0.15, 0.2) is 18.2 Å². The van der Waals surface area contributed by atoms with Crippen LogP contribution in [0.1, 0.15) is 47.5 Å². The molecule has 0 unspecified atom stereocenters. The van der Waals surface area contributed by atoms with Gasteiger partial charge in [-0.1, -0.05) is 0 Å². The summed E-state index contributed by atoms with van der Waals surface area (Å²) in [4.78, 5) is 23.5. The maximum absolute atomic E-state index is 12.0. The SMILES string of the molecule is CC(C)(C)OC(=O)NCCCC(=O)Nc1ccc2c(c1)OC(C)(C)O2. The Bertz CT molecular complexity index is 649. The lowest BCUT2D eigenvalue weighted by atomic mass is 10.2. The summed E-state index contributed by atoms with van der Waals surface area (Å²) in [6.07, 6.45) is 0.324. The first-order valence-corrected chi connectivity index (χ1v) is 8.33. The van der Waals surface area contributed by atoms with Crippen molar-refractivity contribution in [2.24, 2.45) is 0 Å². The van der Waals surface area contributed by atoms with Gasteiger partial charge in [-0.25, -0.2) is 4.79 Å². The average molecular weight is 350 g/mol. The van der Waals surface area contributed by atoms with Crippen molar-refractivity contribution in [3.63, 3.8) is 0 Å². The molecular formula is C18H26N2O5. The number of ether oxygens (including phenoxy) is 3. The van der Waals surface area contributed by atoms with Gasteiger partial charge in [0, 0.05) is 38.6 Å². The van der Waals surface area contributed by atoms with Crippen LogP contribution in [0, 0.1) is 0 Å². The van der Waals surface area contributed by atoms with Gasteiger partial charge < -0.3 is 24.8 Å². The highest BCUT2D eigenvalue weighted by molar-refractivity contribution is 5.91. The van der Waals surface area contributed by atoms with Crippen molar-refractivity contribution in [3.05, 3.63) is 18.2 Å². The molecule has 0 saturated carbocycles. The highest BCUT2D eigenvalue weighted by Gasteiger charge is 2.31. The first-order valence-electron chi connectivity index (χ1n) is 8.33. The molecule has 2 rings (SSSR count). The number of carbonyl (C=O) groups is 2. The van der Waals surface area contributed by atoms with Crippen LogP contribution in [0.25, 0.3) is 0 Å². The molecule has 0 atom stereocenters. The van der Waals surface area contributed by atoms with Crippen LogP contribution in [-0.4, -0.2) is 29.9 Å². The van der Waals surface area contributed by atoms with Gasteiger partial charge in [-0.05, 0) is 39.3 Å². The Labute approximate surface area is 148 Å². The predicted molar refractivity (Wildman–Crippen MR) is 93.9 cm³/mol. The molecule has 1 aromatic rings. The molecular weight excluding hydrogens is 324 g/mol. The Balaban J connectivity index is 1.72. The second-order valence-electron chi connectivity index (χ2n) is 7.35. The number of hydrogen-bond donors (Lipinski definition) is 2. The molecule has 1 heterocycles. The van der Waals surface area contributed by atoms with Gasteiger partial charge in [-0.15, -0.1) is 0 Å². The number of benzene rings is 1. The molecule has 0 saturated heterocycles. The zero-order valence-corrected chi connectivity index (χ0v) is 15.4. The van der Waals surface area contributed by atoms with Crippen molar-refractivity contribution < 1.29 is 23.8 Å². The van der Waals surface area contributed by atoms with Crippen molar-refractivity contribution in [3.8, 4) is 11.5 Å². The Kier molecular flexibility index (Phi) is 5.45. The normalized spacial score (nSPS) is 14.8. The van der Waals surface area contributed by atoms with E-state index in [-0.39, 0.29) is 12.3 Å². The lowest BCUT2D eigenvalue weighted by Crippen LogP contribution is -2.33. The highest BCUT2D eigenvalue weighted by Crippen LogP contribution is 2.40. The van der Waals surface area contributed by atoms with Crippen LogP contribution >= 0.6 is 0 Å². The summed E-state index contributed by atoms with van der Waals surface area (Å²) in [5.41, 5.74) is 0.111. The molecule has 1 aliphatic heterocycles. The molecule has 0 aliphatic carbocycles. The lowest BCUT2D eigenvalue weighted by molar-refractivity contribution is -0.116. The van der Waals surface area contributed by atoms with Crippen LogP contribution in [-0.2, 0) is 9.53 Å². The van der Waals surface area contributed by atoms with Crippen LogP contribution in [0.4, 0.5) is 10.5 Å². The molecule has 7 heteroatoms. The van der Waals surface area contributed by atoms with E-state index in [4.69, 9.17) is 14.2 Å². The molecule has 0 aromatic heterocycles. The molecule has 2 N–H and O–H groups in total. The Hall–Kier alpha value is -2.44. The Morgan fingerprint density at radius 1 is 1.16 bits per heavy atom. The second kappa shape index (κ2) is 7.21. The van der Waals surface area contributed by atoms with E-state index in [1.165, 1.54) is 0 Å². The second-order valence-corrected chi connectivity index (χ2v) is 7.35. The first kappa shape index (κ1) is 18.9. The highest BCUT2D eigenvalue weighted by atomic mass is 16.7. The fourth-order valence-corrected chi connectivity index (χ4v) is 2.28. The summed E-state index contributed by atoms with van der Waals surface area (Å²) < 4.78 is 16.4. The lowest BCUT2D eigenvalue weighted by Gasteiger charge is -2.19. The van der Waals surface area contributed by atoms with Crippen molar-refractivity contribution in [1.29, 1.82) is 0 Å². The molecule has 25 heavy (non-hydrogen) atoms. The minimum Gasteiger partial charge on any atom is -0.449 e. The van der Waals surface area contributed by atoms with Gasteiger partial charge in [0.2, 0.25) is 11.7 Å². The minimum atomic E-state index is -0.696. The number of alkyl carbamates (subject to hydrolysis) is 1. The molecule has 7 nitrogen and oxygen atoms in total. The van der Waals surface area contributed by atoms with Gasteiger partial charge in [-0.3, -0.25) is 4.79 Å². The number of rotatable bonds is 5. The number of anilines is 1. The van der Waals surface area contributed by atoms with Crippen molar-refractivity contribution in [2.45, 2.75) is 58.8 Å². The minimum absolute atomic E-state index is 0.135. The molecule has 0 spiro atoms. The Morgan fingerprint density at radius 2 is 1.84 bits per heavy atom. The van der Waals surface area contributed by atoms with Crippen LogP contribution < -0.4 is 20.1 Å². The summed E-state index contributed by atoms with van der Waals surface area (Å²) in [6, 6.07) is 5.27. The summed E-state index contributed by atoms with van der Waals surface area (Å²) in [7, 11) is 0. The van der Waals surface area contributed by atoms with E-state index in [1.807, 2.05) is 13.8 Å².